The Kier molecular flexibility index (Phi) is 3.97. The van der Waals surface area contributed by atoms with Crippen LogP contribution in [-0.2, 0) is 0 Å². The summed E-state index contributed by atoms with van der Waals surface area (Å²) in [6.45, 7) is 6.08. The normalized spacial score (nSPS) is 12.8. The quantitative estimate of drug-likeness (QED) is 0.764. The lowest BCUT2D eigenvalue weighted by atomic mass is 9.99. The molecule has 1 atom stereocenters. The highest BCUT2D eigenvalue weighted by molar-refractivity contribution is 7.17. The maximum Gasteiger partial charge on any atom is 0.0346 e. The molecule has 0 amide bonds. The maximum atomic E-state index is 3.98. The second-order valence-corrected chi connectivity index (χ2v) is 5.44. The van der Waals surface area contributed by atoms with Crippen LogP contribution in [0, 0.1) is 0 Å². The lowest BCUT2D eigenvalue weighted by molar-refractivity contribution is 0.553. The van der Waals surface area contributed by atoms with Gasteiger partial charge < -0.3 is 5.32 Å². The SMILES string of the molecule is C=C(C)CCC(NC)c1csc2ccccc12. The van der Waals surface area contributed by atoms with Gasteiger partial charge in [0.15, 0.2) is 0 Å². The lowest BCUT2D eigenvalue weighted by Gasteiger charge is -2.15. The number of hydrogen-bond acceptors (Lipinski definition) is 2. The molecule has 2 rings (SSSR count). The Morgan fingerprint density at radius 1 is 1.41 bits per heavy atom. The Hall–Kier alpha value is -1.12. The molecule has 17 heavy (non-hydrogen) atoms. The number of rotatable bonds is 5. The summed E-state index contributed by atoms with van der Waals surface area (Å²) in [6.07, 6.45) is 2.20. The van der Waals surface area contributed by atoms with Gasteiger partial charge in [0.2, 0.25) is 0 Å². The molecule has 90 valence electrons. The van der Waals surface area contributed by atoms with Gasteiger partial charge in [-0.2, -0.15) is 0 Å². The minimum absolute atomic E-state index is 0.433. The van der Waals surface area contributed by atoms with Crippen LogP contribution >= 0.6 is 11.3 Å². The molecule has 2 aromatic rings. The van der Waals surface area contributed by atoms with E-state index in [-0.39, 0.29) is 0 Å². The number of hydrogen-bond donors (Lipinski definition) is 1. The van der Waals surface area contributed by atoms with E-state index < -0.39 is 0 Å². The first-order valence-corrected chi connectivity index (χ1v) is 6.88. The predicted molar refractivity (Wildman–Crippen MR) is 77.7 cm³/mol. The molecule has 0 spiro atoms. The van der Waals surface area contributed by atoms with Crippen LogP contribution in [0.25, 0.3) is 10.1 Å². The van der Waals surface area contributed by atoms with E-state index in [0.29, 0.717) is 6.04 Å². The van der Waals surface area contributed by atoms with Crippen molar-refractivity contribution >= 4 is 21.4 Å². The van der Waals surface area contributed by atoms with Crippen LogP contribution in [0.3, 0.4) is 0 Å². The van der Waals surface area contributed by atoms with Crippen molar-refractivity contribution in [2.75, 3.05) is 7.05 Å². The fourth-order valence-electron chi connectivity index (χ4n) is 2.11. The van der Waals surface area contributed by atoms with Crippen LogP contribution in [0.15, 0.2) is 41.8 Å². The van der Waals surface area contributed by atoms with Gasteiger partial charge in [-0.3, -0.25) is 0 Å². The smallest absolute Gasteiger partial charge is 0.0346 e. The van der Waals surface area contributed by atoms with Gasteiger partial charge in [-0.1, -0.05) is 23.8 Å². The molecule has 0 aliphatic carbocycles. The van der Waals surface area contributed by atoms with Crippen LogP contribution in [0.1, 0.15) is 31.4 Å². The molecule has 1 N–H and O–H groups in total. The standard InChI is InChI=1S/C15H19NS/c1-11(2)8-9-14(16-3)13-10-17-15-7-5-4-6-12(13)15/h4-7,10,14,16H,1,8-9H2,2-3H3. The Morgan fingerprint density at radius 3 is 2.88 bits per heavy atom. The van der Waals surface area contributed by atoms with E-state index in [1.54, 1.807) is 0 Å². The largest absolute Gasteiger partial charge is 0.313 e. The third-order valence-electron chi connectivity index (χ3n) is 3.09. The van der Waals surface area contributed by atoms with Gasteiger partial charge in [-0.25, -0.2) is 0 Å². The van der Waals surface area contributed by atoms with E-state index in [1.165, 1.54) is 21.2 Å². The number of allylic oxidation sites excluding steroid dienone is 1. The van der Waals surface area contributed by atoms with Gasteiger partial charge in [0.05, 0.1) is 0 Å². The van der Waals surface area contributed by atoms with Gasteiger partial charge in [0.1, 0.15) is 0 Å². The van der Waals surface area contributed by atoms with Crippen molar-refractivity contribution in [1.29, 1.82) is 0 Å². The average Bonchev–Trinajstić information content (AvgIpc) is 2.74. The van der Waals surface area contributed by atoms with E-state index in [1.807, 2.05) is 18.4 Å². The molecule has 0 saturated heterocycles. The second kappa shape index (κ2) is 5.48. The van der Waals surface area contributed by atoms with Crippen molar-refractivity contribution < 1.29 is 0 Å². The number of fused-ring (bicyclic) bond motifs is 1. The fourth-order valence-corrected chi connectivity index (χ4v) is 3.13. The highest BCUT2D eigenvalue weighted by atomic mass is 32.1. The summed E-state index contributed by atoms with van der Waals surface area (Å²) in [7, 11) is 2.04. The molecular formula is C15H19NS. The second-order valence-electron chi connectivity index (χ2n) is 4.52. The van der Waals surface area contributed by atoms with E-state index in [0.717, 1.165) is 12.8 Å². The van der Waals surface area contributed by atoms with Crippen LogP contribution < -0.4 is 5.32 Å². The van der Waals surface area contributed by atoms with E-state index in [4.69, 9.17) is 0 Å². The van der Waals surface area contributed by atoms with Gasteiger partial charge >= 0.3 is 0 Å². The summed E-state index contributed by atoms with van der Waals surface area (Å²) < 4.78 is 1.37. The van der Waals surface area contributed by atoms with Crippen molar-refractivity contribution in [2.45, 2.75) is 25.8 Å². The molecular weight excluding hydrogens is 226 g/mol. The Balaban J connectivity index is 2.27. The lowest BCUT2D eigenvalue weighted by Crippen LogP contribution is -2.15. The van der Waals surface area contributed by atoms with Crippen molar-refractivity contribution in [1.82, 2.24) is 5.32 Å². The Labute approximate surface area is 107 Å². The van der Waals surface area contributed by atoms with Crippen molar-refractivity contribution in [3.63, 3.8) is 0 Å². The summed E-state index contributed by atoms with van der Waals surface area (Å²) in [5, 5.41) is 7.09. The highest BCUT2D eigenvalue weighted by Crippen LogP contribution is 2.32. The molecule has 0 radical (unpaired) electrons. The molecule has 0 saturated carbocycles. The van der Waals surface area contributed by atoms with Crippen LogP contribution in [-0.4, -0.2) is 7.05 Å². The van der Waals surface area contributed by atoms with E-state index >= 15 is 0 Å². The topological polar surface area (TPSA) is 12.0 Å². The molecule has 0 bridgehead atoms. The first kappa shape index (κ1) is 12.3. The van der Waals surface area contributed by atoms with Crippen molar-refractivity contribution in [3.05, 3.63) is 47.4 Å². The number of nitrogens with one attached hydrogen (secondary N) is 1. The predicted octanol–water partition coefficient (Wildman–Crippen LogP) is 4.52. The van der Waals surface area contributed by atoms with E-state index in [2.05, 4.69) is 48.5 Å². The molecule has 1 aromatic heterocycles. The van der Waals surface area contributed by atoms with Gasteiger partial charge in [-0.15, -0.1) is 17.9 Å². The van der Waals surface area contributed by atoms with Gasteiger partial charge in [-0.05, 0) is 49.2 Å². The highest BCUT2D eigenvalue weighted by Gasteiger charge is 2.13. The zero-order valence-electron chi connectivity index (χ0n) is 10.5. The zero-order chi connectivity index (χ0) is 12.3. The molecule has 0 fully saturated rings. The average molecular weight is 245 g/mol. The van der Waals surface area contributed by atoms with E-state index in [9.17, 15) is 0 Å². The monoisotopic (exact) mass is 245 g/mol. The summed E-state index contributed by atoms with van der Waals surface area (Å²) >= 11 is 1.83. The summed E-state index contributed by atoms with van der Waals surface area (Å²) in [4.78, 5) is 0. The van der Waals surface area contributed by atoms with Gasteiger partial charge in [0.25, 0.3) is 0 Å². The molecule has 1 aromatic carbocycles. The molecule has 1 unspecified atom stereocenters. The number of benzene rings is 1. The third kappa shape index (κ3) is 2.76. The summed E-state index contributed by atoms with van der Waals surface area (Å²) in [5.41, 5.74) is 2.68. The minimum atomic E-state index is 0.433. The van der Waals surface area contributed by atoms with Crippen LogP contribution in [0.5, 0.6) is 0 Å². The summed E-state index contributed by atoms with van der Waals surface area (Å²) in [6, 6.07) is 9.05. The summed E-state index contributed by atoms with van der Waals surface area (Å²) in [5.74, 6) is 0. The van der Waals surface area contributed by atoms with Crippen LogP contribution in [0.2, 0.25) is 0 Å². The molecule has 1 heterocycles. The Morgan fingerprint density at radius 2 is 2.18 bits per heavy atom. The molecule has 0 aliphatic heterocycles. The zero-order valence-corrected chi connectivity index (χ0v) is 11.3. The number of thiophene rings is 1. The molecule has 2 heteroatoms. The van der Waals surface area contributed by atoms with Crippen molar-refractivity contribution in [3.8, 4) is 0 Å². The van der Waals surface area contributed by atoms with Crippen LogP contribution in [0.4, 0.5) is 0 Å². The van der Waals surface area contributed by atoms with Gasteiger partial charge in [0, 0.05) is 10.7 Å². The fraction of sp³-hybridized carbons (Fsp3) is 0.333. The first-order valence-electron chi connectivity index (χ1n) is 6.00. The van der Waals surface area contributed by atoms with Crippen molar-refractivity contribution in [2.24, 2.45) is 0 Å². The Bertz CT molecular complexity index is 512. The maximum absolute atomic E-state index is 3.98. The first-order chi connectivity index (χ1) is 8.22. The molecule has 1 nitrogen and oxygen atoms in total. The molecule has 0 aliphatic rings. The third-order valence-corrected chi connectivity index (χ3v) is 4.08. The minimum Gasteiger partial charge on any atom is -0.313 e.